The maximum atomic E-state index is 15.5. The zero-order valence-electron chi connectivity index (χ0n) is 28.6. The maximum absolute atomic E-state index is 15.5. The second-order valence-electron chi connectivity index (χ2n) is 12.2. The number of hydrogen-bond donors (Lipinski definition) is 2. The van der Waals surface area contributed by atoms with Crippen LogP contribution in [0.1, 0.15) is 104 Å². The first-order chi connectivity index (χ1) is 22.7. The topological polar surface area (TPSA) is 110 Å². The molecule has 0 fully saturated rings. The molecule has 2 aliphatic heterocycles. The van der Waals surface area contributed by atoms with E-state index in [1.165, 1.54) is 14.2 Å². The summed E-state index contributed by atoms with van der Waals surface area (Å²) in [6.07, 6.45) is -3.74. The largest absolute Gasteiger partial charge is 0.469 e. The summed E-state index contributed by atoms with van der Waals surface area (Å²) in [5, 5.41) is 0. The predicted octanol–water partition coefficient (Wildman–Crippen LogP) is 8.84. The summed E-state index contributed by atoms with van der Waals surface area (Å²) in [6.45, 7) is 11.6. The normalized spacial score (nSPS) is 13.4. The quantitative estimate of drug-likeness (QED) is 0.233. The average Bonchev–Trinajstić information content (AvgIpc) is 3.71. The van der Waals surface area contributed by atoms with Crippen molar-refractivity contribution in [2.75, 3.05) is 14.2 Å². The number of nitrogens with zero attached hydrogens (tertiary/aromatic N) is 2. The summed E-state index contributed by atoms with van der Waals surface area (Å²) in [7, 11) is 2.49. The van der Waals surface area contributed by atoms with Gasteiger partial charge in [0.2, 0.25) is 0 Å². The van der Waals surface area contributed by atoms with Crippen molar-refractivity contribution in [3.8, 4) is 0 Å². The summed E-state index contributed by atoms with van der Waals surface area (Å²) in [5.74, 6) is -1.09. The Morgan fingerprint density at radius 3 is 1.48 bits per heavy atom. The van der Waals surface area contributed by atoms with E-state index in [1.54, 1.807) is 26.0 Å². The fraction of sp³-hybridized carbons (Fsp3) is 0.405. The Hall–Kier alpha value is -4.67. The van der Waals surface area contributed by atoms with Crippen LogP contribution in [0.3, 0.4) is 0 Å². The highest BCUT2D eigenvalue weighted by Crippen LogP contribution is 2.46. The summed E-state index contributed by atoms with van der Waals surface area (Å²) < 4.78 is 56.1. The standard InChI is InChI=1S/C37H41F3N4O4/c1-9-22-18(3)26-15-28-20(5)24(11-13-32(45)47-7)35(43-28)34(37(38,39)40)36-25(12-14-33(46)48-8)21(6)29(44-36)17-31-23(10-2)19(4)27(42-31)16-30(22)41-26/h15-17,41-42H,9-14H2,1-8H3. The van der Waals surface area contributed by atoms with Crippen molar-refractivity contribution in [1.29, 1.82) is 0 Å². The second-order valence-corrected chi connectivity index (χ2v) is 12.2. The third-order valence-corrected chi connectivity index (χ3v) is 9.54. The van der Waals surface area contributed by atoms with Crippen molar-refractivity contribution >= 4 is 56.3 Å². The van der Waals surface area contributed by atoms with Crippen LogP contribution in [-0.4, -0.2) is 46.1 Å². The van der Waals surface area contributed by atoms with Crippen LogP contribution in [0.4, 0.5) is 13.2 Å². The highest BCUT2D eigenvalue weighted by molar-refractivity contribution is 5.98. The number of allylic oxidation sites excluding steroid dienone is 4. The first-order valence-electron chi connectivity index (χ1n) is 16.1. The third-order valence-electron chi connectivity index (χ3n) is 9.54. The molecule has 5 heterocycles. The van der Waals surface area contributed by atoms with Gasteiger partial charge in [-0.3, -0.25) is 9.59 Å². The van der Waals surface area contributed by atoms with E-state index in [1.807, 2.05) is 20.8 Å². The summed E-state index contributed by atoms with van der Waals surface area (Å²) in [4.78, 5) is 40.8. The molecule has 3 aromatic rings. The zero-order valence-corrected chi connectivity index (χ0v) is 28.6. The van der Waals surface area contributed by atoms with Gasteiger partial charge in [-0.05, 0) is 116 Å². The molecule has 0 aliphatic carbocycles. The molecular formula is C37H41F3N4O4. The predicted molar refractivity (Wildman–Crippen MR) is 182 cm³/mol. The molecule has 8 bridgehead atoms. The molecule has 0 spiro atoms. The number of rotatable bonds is 8. The van der Waals surface area contributed by atoms with Gasteiger partial charge in [0.05, 0.1) is 37.0 Å². The number of carbonyl (C=O) groups is 2. The molecule has 2 N–H and O–H groups in total. The second kappa shape index (κ2) is 13.4. The Balaban J connectivity index is 2.02. The third kappa shape index (κ3) is 6.30. The number of nitrogens with one attached hydrogen (secondary N) is 2. The van der Waals surface area contributed by atoms with Crippen molar-refractivity contribution in [3.05, 3.63) is 68.8 Å². The molecule has 48 heavy (non-hydrogen) atoms. The Morgan fingerprint density at radius 2 is 1.08 bits per heavy atom. The molecule has 0 aromatic carbocycles. The van der Waals surface area contributed by atoms with Crippen LogP contribution in [0.15, 0.2) is 18.2 Å². The lowest BCUT2D eigenvalue weighted by Gasteiger charge is -2.15. The van der Waals surface area contributed by atoms with Gasteiger partial charge >= 0.3 is 18.1 Å². The lowest BCUT2D eigenvalue weighted by atomic mass is 9.93. The van der Waals surface area contributed by atoms with E-state index in [9.17, 15) is 9.59 Å². The molecule has 5 rings (SSSR count). The van der Waals surface area contributed by atoms with Gasteiger partial charge in [-0.2, -0.15) is 13.2 Å². The molecule has 254 valence electrons. The summed E-state index contributed by atoms with van der Waals surface area (Å²) in [5.41, 5.74) is 8.19. The Kier molecular flexibility index (Phi) is 9.71. The van der Waals surface area contributed by atoms with Crippen LogP contribution in [-0.2, 0) is 38.1 Å². The molecule has 0 saturated heterocycles. The molecule has 0 amide bonds. The molecule has 0 saturated carbocycles. The van der Waals surface area contributed by atoms with E-state index in [-0.39, 0.29) is 42.6 Å². The van der Waals surface area contributed by atoms with Crippen LogP contribution in [0.2, 0.25) is 0 Å². The highest BCUT2D eigenvalue weighted by Gasteiger charge is 2.42. The molecule has 0 atom stereocenters. The lowest BCUT2D eigenvalue weighted by Crippen LogP contribution is -2.13. The number of halogens is 3. The van der Waals surface area contributed by atoms with E-state index in [0.717, 1.165) is 50.7 Å². The van der Waals surface area contributed by atoms with Gasteiger partial charge in [0, 0.05) is 34.9 Å². The molecular weight excluding hydrogens is 621 g/mol. The number of carbonyl (C=O) groups excluding carboxylic acids is 2. The van der Waals surface area contributed by atoms with Crippen LogP contribution in [0, 0.1) is 13.8 Å². The Bertz CT molecular complexity index is 2050. The van der Waals surface area contributed by atoms with Crippen LogP contribution in [0.25, 0.3) is 44.4 Å². The number of hydrogen-bond acceptors (Lipinski definition) is 6. The number of aromatic amines is 2. The Morgan fingerprint density at radius 1 is 0.688 bits per heavy atom. The fourth-order valence-corrected chi connectivity index (χ4v) is 6.78. The van der Waals surface area contributed by atoms with E-state index in [4.69, 9.17) is 9.47 Å². The van der Waals surface area contributed by atoms with E-state index < -0.39 is 23.7 Å². The number of aryl methyl sites for hydroxylation is 4. The number of methoxy groups -OCH3 is 2. The van der Waals surface area contributed by atoms with Crippen LogP contribution < -0.4 is 0 Å². The van der Waals surface area contributed by atoms with Crippen molar-refractivity contribution in [1.82, 2.24) is 19.9 Å². The first kappa shape index (κ1) is 34.7. The molecule has 0 radical (unpaired) electrons. The number of ether oxygens (including phenoxy) is 2. The number of H-pyrrole nitrogens is 2. The van der Waals surface area contributed by atoms with Crippen molar-refractivity contribution < 1.29 is 32.2 Å². The summed E-state index contributed by atoms with van der Waals surface area (Å²) >= 11 is 0. The number of esters is 2. The number of alkyl halides is 3. The maximum Gasteiger partial charge on any atom is 0.420 e. The van der Waals surface area contributed by atoms with Gasteiger partial charge in [0.1, 0.15) is 5.56 Å². The van der Waals surface area contributed by atoms with Gasteiger partial charge in [0.25, 0.3) is 0 Å². The van der Waals surface area contributed by atoms with Crippen LogP contribution in [0.5, 0.6) is 0 Å². The summed E-state index contributed by atoms with van der Waals surface area (Å²) in [6, 6.07) is 5.64. The minimum atomic E-state index is -4.88. The fourth-order valence-electron chi connectivity index (χ4n) is 6.78. The van der Waals surface area contributed by atoms with Gasteiger partial charge in [-0.1, -0.05) is 13.8 Å². The number of fused-ring (bicyclic) bond motifs is 8. The SMILES string of the molecule is CCc1c(C)c2cc3[nH]c(cc4nc(c(C(F)(F)F)c5nc(cc1[nH]2)C(C)=C5CCC(=O)OC)C(CCC(=O)OC)=C4C)c(C)c3CC. The molecule has 8 nitrogen and oxygen atoms in total. The van der Waals surface area contributed by atoms with Gasteiger partial charge < -0.3 is 19.4 Å². The number of aromatic nitrogens is 4. The molecule has 3 aromatic heterocycles. The molecule has 0 unspecified atom stereocenters. The van der Waals surface area contributed by atoms with Gasteiger partial charge in [-0.25, -0.2) is 9.97 Å². The van der Waals surface area contributed by atoms with Gasteiger partial charge in [-0.15, -0.1) is 0 Å². The Labute approximate surface area is 277 Å². The minimum Gasteiger partial charge on any atom is -0.469 e. The van der Waals surface area contributed by atoms with Crippen LogP contribution >= 0.6 is 0 Å². The van der Waals surface area contributed by atoms with Crippen molar-refractivity contribution in [2.45, 2.75) is 86.2 Å². The first-order valence-corrected chi connectivity index (χ1v) is 16.1. The van der Waals surface area contributed by atoms with Crippen molar-refractivity contribution in [2.24, 2.45) is 0 Å². The van der Waals surface area contributed by atoms with Gasteiger partial charge in [0.15, 0.2) is 0 Å². The average molecular weight is 663 g/mol. The molecule has 11 heteroatoms. The van der Waals surface area contributed by atoms with E-state index in [2.05, 4.69) is 32.9 Å². The molecule has 2 aliphatic rings. The lowest BCUT2D eigenvalue weighted by molar-refractivity contribution is -0.141. The monoisotopic (exact) mass is 662 g/mol. The highest BCUT2D eigenvalue weighted by atomic mass is 19.4. The zero-order chi connectivity index (χ0) is 35.1. The smallest absolute Gasteiger partial charge is 0.420 e. The van der Waals surface area contributed by atoms with Crippen molar-refractivity contribution in [3.63, 3.8) is 0 Å². The minimum absolute atomic E-state index is 0.0161. The van der Waals surface area contributed by atoms with E-state index in [0.29, 0.717) is 34.5 Å². The van der Waals surface area contributed by atoms with E-state index >= 15 is 13.2 Å².